The molecule has 1 aliphatic heterocycles. The van der Waals surface area contributed by atoms with Gasteiger partial charge in [-0.25, -0.2) is 0 Å². The summed E-state index contributed by atoms with van der Waals surface area (Å²) in [6.45, 7) is 4.03. The molecule has 2 heterocycles. The number of hydrogen-bond donors (Lipinski definition) is 1. The van der Waals surface area contributed by atoms with E-state index < -0.39 is 0 Å². The predicted molar refractivity (Wildman–Crippen MR) is 67.7 cm³/mol. The first-order valence-corrected chi connectivity index (χ1v) is 6.46. The minimum absolute atomic E-state index is 0.114. The molecule has 0 radical (unpaired) electrons. The van der Waals surface area contributed by atoms with Crippen LogP contribution in [0.3, 0.4) is 0 Å². The molecule has 1 aliphatic rings. The maximum Gasteiger partial charge on any atom is 0.223 e. The molecule has 1 atom stereocenters. The fraction of sp³-hybridized carbons (Fsp3) is 0.750. The van der Waals surface area contributed by atoms with E-state index in [2.05, 4.69) is 14.8 Å². The zero-order chi connectivity index (χ0) is 13.1. The normalized spacial score (nSPS) is 15.5. The Balaban J connectivity index is 1.94. The van der Waals surface area contributed by atoms with Crippen molar-refractivity contribution in [2.24, 2.45) is 11.7 Å². The van der Waals surface area contributed by atoms with Gasteiger partial charge in [0.1, 0.15) is 5.82 Å². The number of carbonyl (C=O) groups is 1. The first-order chi connectivity index (χ1) is 8.61. The third-order valence-electron chi connectivity index (χ3n) is 3.42. The molecule has 1 aromatic heterocycles. The van der Waals surface area contributed by atoms with Gasteiger partial charge in [-0.1, -0.05) is 6.92 Å². The average molecular weight is 251 g/mol. The van der Waals surface area contributed by atoms with E-state index in [0.29, 0.717) is 19.5 Å². The lowest BCUT2D eigenvalue weighted by Gasteiger charge is -2.18. The summed E-state index contributed by atoms with van der Waals surface area (Å²) in [5.74, 6) is 2.27. The number of aryl methyl sites for hydroxylation is 1. The van der Waals surface area contributed by atoms with Crippen LogP contribution in [0.15, 0.2) is 0 Å². The number of nitrogens with zero attached hydrogens (tertiary/aromatic N) is 4. The van der Waals surface area contributed by atoms with Crippen LogP contribution < -0.4 is 5.73 Å². The Kier molecular flexibility index (Phi) is 3.96. The highest BCUT2D eigenvalue weighted by molar-refractivity contribution is 5.76. The van der Waals surface area contributed by atoms with Crippen LogP contribution in [0, 0.1) is 5.92 Å². The SMILES string of the molecule is CC(CN)CC(=O)N(C)Cc1nnc2n1CCC2. The number of nitrogens with two attached hydrogens (primary N) is 1. The maximum absolute atomic E-state index is 12.0. The fourth-order valence-corrected chi connectivity index (χ4v) is 2.17. The van der Waals surface area contributed by atoms with Crippen LogP contribution in [-0.2, 0) is 24.3 Å². The van der Waals surface area contributed by atoms with Crippen molar-refractivity contribution in [3.05, 3.63) is 11.6 Å². The van der Waals surface area contributed by atoms with E-state index in [4.69, 9.17) is 5.73 Å². The highest BCUT2D eigenvalue weighted by Crippen LogP contribution is 2.15. The Morgan fingerprint density at radius 3 is 3.06 bits per heavy atom. The molecule has 0 spiro atoms. The second-order valence-corrected chi connectivity index (χ2v) is 5.08. The third-order valence-corrected chi connectivity index (χ3v) is 3.42. The molecule has 0 aliphatic carbocycles. The van der Waals surface area contributed by atoms with Gasteiger partial charge in [0.15, 0.2) is 5.82 Å². The van der Waals surface area contributed by atoms with Crippen LogP contribution >= 0.6 is 0 Å². The van der Waals surface area contributed by atoms with Gasteiger partial charge in [-0.05, 0) is 18.9 Å². The van der Waals surface area contributed by atoms with Crippen molar-refractivity contribution < 1.29 is 4.79 Å². The first-order valence-electron chi connectivity index (χ1n) is 6.46. The number of amides is 1. The summed E-state index contributed by atoms with van der Waals surface area (Å²) < 4.78 is 2.12. The van der Waals surface area contributed by atoms with Crippen LogP contribution in [0.5, 0.6) is 0 Å². The molecule has 2 N–H and O–H groups in total. The van der Waals surface area contributed by atoms with E-state index in [-0.39, 0.29) is 11.8 Å². The zero-order valence-corrected chi connectivity index (χ0v) is 11.1. The monoisotopic (exact) mass is 251 g/mol. The predicted octanol–water partition coefficient (Wildman–Crippen LogP) is 0.168. The number of carbonyl (C=O) groups excluding carboxylic acids is 1. The van der Waals surface area contributed by atoms with E-state index in [9.17, 15) is 4.79 Å². The van der Waals surface area contributed by atoms with E-state index >= 15 is 0 Å². The number of hydrogen-bond acceptors (Lipinski definition) is 4. The summed E-state index contributed by atoms with van der Waals surface area (Å²) in [6, 6.07) is 0. The molecule has 0 saturated heterocycles. The summed E-state index contributed by atoms with van der Waals surface area (Å²) in [7, 11) is 1.81. The number of aromatic nitrogens is 3. The Labute approximate surface area is 107 Å². The summed E-state index contributed by atoms with van der Waals surface area (Å²) in [4.78, 5) is 13.7. The second kappa shape index (κ2) is 5.48. The Morgan fingerprint density at radius 2 is 2.33 bits per heavy atom. The molecule has 0 fully saturated rings. The molecular weight excluding hydrogens is 230 g/mol. The van der Waals surface area contributed by atoms with Crippen molar-refractivity contribution in [1.82, 2.24) is 19.7 Å². The van der Waals surface area contributed by atoms with Gasteiger partial charge in [-0.2, -0.15) is 0 Å². The van der Waals surface area contributed by atoms with Crippen LogP contribution in [0.1, 0.15) is 31.4 Å². The van der Waals surface area contributed by atoms with Crippen molar-refractivity contribution in [3.63, 3.8) is 0 Å². The zero-order valence-electron chi connectivity index (χ0n) is 11.1. The molecular formula is C12H21N5O. The van der Waals surface area contributed by atoms with Gasteiger partial charge in [0.05, 0.1) is 6.54 Å². The minimum Gasteiger partial charge on any atom is -0.338 e. The minimum atomic E-state index is 0.114. The standard InChI is InChI=1S/C12H21N5O/c1-9(7-13)6-12(18)16(2)8-11-15-14-10-4-3-5-17(10)11/h9H,3-8,13H2,1-2H3. The van der Waals surface area contributed by atoms with Crippen LogP contribution in [0.2, 0.25) is 0 Å². The lowest BCUT2D eigenvalue weighted by Crippen LogP contribution is -2.30. The topological polar surface area (TPSA) is 77.0 Å². The molecule has 100 valence electrons. The lowest BCUT2D eigenvalue weighted by atomic mass is 10.1. The molecule has 1 unspecified atom stereocenters. The van der Waals surface area contributed by atoms with E-state index in [1.54, 1.807) is 4.90 Å². The maximum atomic E-state index is 12.0. The van der Waals surface area contributed by atoms with Crippen LogP contribution in [-0.4, -0.2) is 39.2 Å². The smallest absolute Gasteiger partial charge is 0.223 e. The van der Waals surface area contributed by atoms with Gasteiger partial charge in [-0.3, -0.25) is 4.79 Å². The van der Waals surface area contributed by atoms with Gasteiger partial charge < -0.3 is 15.2 Å². The van der Waals surface area contributed by atoms with Crippen molar-refractivity contribution in [3.8, 4) is 0 Å². The Bertz CT molecular complexity index is 428. The number of rotatable bonds is 5. The molecule has 0 saturated carbocycles. The van der Waals surface area contributed by atoms with Gasteiger partial charge >= 0.3 is 0 Å². The van der Waals surface area contributed by atoms with Gasteiger partial charge in [0.25, 0.3) is 0 Å². The van der Waals surface area contributed by atoms with Gasteiger partial charge in [-0.15, -0.1) is 10.2 Å². The highest BCUT2D eigenvalue weighted by atomic mass is 16.2. The quantitative estimate of drug-likeness (QED) is 0.809. The molecule has 6 heteroatoms. The molecule has 2 rings (SSSR count). The fourth-order valence-electron chi connectivity index (χ4n) is 2.17. The third kappa shape index (κ3) is 2.69. The summed E-state index contributed by atoms with van der Waals surface area (Å²) in [5, 5.41) is 8.30. The van der Waals surface area contributed by atoms with Crippen molar-refractivity contribution in [1.29, 1.82) is 0 Å². The van der Waals surface area contributed by atoms with Gasteiger partial charge in [0, 0.05) is 26.4 Å². The molecule has 18 heavy (non-hydrogen) atoms. The number of fused-ring (bicyclic) bond motifs is 1. The molecule has 0 aromatic carbocycles. The molecule has 1 aromatic rings. The summed E-state index contributed by atoms with van der Waals surface area (Å²) in [6.07, 6.45) is 2.61. The largest absolute Gasteiger partial charge is 0.338 e. The summed E-state index contributed by atoms with van der Waals surface area (Å²) in [5.41, 5.74) is 5.53. The van der Waals surface area contributed by atoms with Gasteiger partial charge in [0.2, 0.25) is 5.91 Å². The van der Waals surface area contributed by atoms with Crippen molar-refractivity contribution in [2.45, 2.75) is 39.3 Å². The molecule has 1 amide bonds. The second-order valence-electron chi connectivity index (χ2n) is 5.08. The van der Waals surface area contributed by atoms with E-state index in [0.717, 1.165) is 31.0 Å². The average Bonchev–Trinajstić information content (AvgIpc) is 2.93. The molecule has 6 nitrogen and oxygen atoms in total. The van der Waals surface area contributed by atoms with Crippen molar-refractivity contribution in [2.75, 3.05) is 13.6 Å². The first kappa shape index (κ1) is 13.0. The summed E-state index contributed by atoms with van der Waals surface area (Å²) >= 11 is 0. The lowest BCUT2D eigenvalue weighted by molar-refractivity contribution is -0.131. The Hall–Kier alpha value is -1.43. The van der Waals surface area contributed by atoms with E-state index in [1.807, 2.05) is 14.0 Å². The Morgan fingerprint density at radius 1 is 1.56 bits per heavy atom. The molecule has 0 bridgehead atoms. The van der Waals surface area contributed by atoms with Crippen LogP contribution in [0.25, 0.3) is 0 Å². The van der Waals surface area contributed by atoms with E-state index in [1.165, 1.54) is 0 Å². The van der Waals surface area contributed by atoms with Crippen LogP contribution in [0.4, 0.5) is 0 Å². The highest BCUT2D eigenvalue weighted by Gasteiger charge is 2.20. The van der Waals surface area contributed by atoms with Crippen molar-refractivity contribution >= 4 is 5.91 Å².